The molecule has 29 heavy (non-hydrogen) atoms. The second-order valence-corrected chi connectivity index (χ2v) is 7.56. The number of allylic oxidation sites excluding steroid dienone is 1. The Labute approximate surface area is 171 Å². The number of aromatic hydroxyl groups is 1. The van der Waals surface area contributed by atoms with Crippen LogP contribution in [0, 0.1) is 0 Å². The van der Waals surface area contributed by atoms with E-state index in [1.807, 2.05) is 44.2 Å². The number of rotatable bonds is 4. The van der Waals surface area contributed by atoms with Crippen LogP contribution < -0.4 is 4.80 Å². The molecule has 0 bridgehead atoms. The van der Waals surface area contributed by atoms with Gasteiger partial charge in [-0.1, -0.05) is 29.5 Å². The molecule has 2 heterocycles. The lowest BCUT2D eigenvalue weighted by Crippen LogP contribution is -2.12. The fourth-order valence-corrected chi connectivity index (χ4v) is 4.27. The minimum atomic E-state index is -0.975. The van der Waals surface area contributed by atoms with Crippen molar-refractivity contribution in [2.75, 3.05) is 0 Å². The molecule has 7 heteroatoms. The van der Waals surface area contributed by atoms with Crippen LogP contribution in [0.2, 0.25) is 0 Å². The van der Waals surface area contributed by atoms with Crippen molar-refractivity contribution in [2.24, 2.45) is 9.98 Å². The van der Waals surface area contributed by atoms with E-state index in [0.717, 1.165) is 22.5 Å². The van der Waals surface area contributed by atoms with E-state index in [0.29, 0.717) is 21.9 Å². The summed E-state index contributed by atoms with van der Waals surface area (Å²) in [5.74, 6) is -0.820. The number of hydrogen-bond donors (Lipinski definition) is 2. The number of aromatic nitrogens is 1. The highest BCUT2D eigenvalue weighted by atomic mass is 32.1. The van der Waals surface area contributed by atoms with Crippen LogP contribution in [0.4, 0.5) is 11.4 Å². The summed E-state index contributed by atoms with van der Waals surface area (Å²) in [5.41, 5.74) is 4.70. The lowest BCUT2D eigenvalue weighted by Gasteiger charge is -2.02. The van der Waals surface area contributed by atoms with Gasteiger partial charge in [0, 0.05) is 23.4 Å². The Bertz CT molecular complexity index is 1230. The van der Waals surface area contributed by atoms with Crippen LogP contribution in [-0.4, -0.2) is 26.5 Å². The Hall–Kier alpha value is -3.45. The Balaban J connectivity index is 1.79. The number of thiazole rings is 1. The predicted molar refractivity (Wildman–Crippen MR) is 115 cm³/mol. The molecule has 0 aliphatic carbocycles. The molecule has 1 aliphatic heterocycles. The summed E-state index contributed by atoms with van der Waals surface area (Å²) in [4.78, 5) is 21.6. The van der Waals surface area contributed by atoms with Gasteiger partial charge in [-0.3, -0.25) is 9.56 Å². The second kappa shape index (κ2) is 7.52. The van der Waals surface area contributed by atoms with Crippen LogP contribution >= 0.6 is 11.3 Å². The molecule has 146 valence electrons. The van der Waals surface area contributed by atoms with Crippen LogP contribution in [0.25, 0.3) is 11.6 Å². The molecule has 0 radical (unpaired) electrons. The largest absolute Gasteiger partial charge is 0.493 e. The Morgan fingerprint density at radius 1 is 1.21 bits per heavy atom. The van der Waals surface area contributed by atoms with E-state index >= 15 is 0 Å². The monoisotopic (exact) mass is 405 g/mol. The first-order valence-corrected chi connectivity index (χ1v) is 9.97. The maximum atomic E-state index is 11.0. The van der Waals surface area contributed by atoms with E-state index in [9.17, 15) is 9.90 Å². The number of aromatic carboxylic acids is 1. The molecular weight excluding hydrogens is 386 g/mol. The van der Waals surface area contributed by atoms with Crippen molar-refractivity contribution in [3.05, 3.63) is 69.3 Å². The molecule has 0 saturated carbocycles. The first kappa shape index (κ1) is 18.9. The summed E-state index contributed by atoms with van der Waals surface area (Å²) in [6, 6.07) is 14.3. The number of nitrogens with zero attached hydrogens (tertiary/aromatic N) is 3. The van der Waals surface area contributed by atoms with Gasteiger partial charge in [0.1, 0.15) is 0 Å². The molecule has 0 spiro atoms. The van der Waals surface area contributed by atoms with Crippen LogP contribution in [0.5, 0.6) is 5.88 Å². The summed E-state index contributed by atoms with van der Waals surface area (Å²) < 4.78 is 1.73. The van der Waals surface area contributed by atoms with Crippen molar-refractivity contribution in [3.8, 4) is 5.88 Å². The van der Waals surface area contributed by atoms with Gasteiger partial charge < -0.3 is 10.2 Å². The Morgan fingerprint density at radius 2 is 1.93 bits per heavy atom. The van der Waals surface area contributed by atoms with E-state index in [1.165, 1.54) is 23.5 Å². The van der Waals surface area contributed by atoms with Crippen molar-refractivity contribution in [1.29, 1.82) is 0 Å². The zero-order valence-electron chi connectivity index (χ0n) is 16.0. The minimum Gasteiger partial charge on any atom is -0.493 e. The third kappa shape index (κ3) is 3.52. The lowest BCUT2D eigenvalue weighted by molar-refractivity contribution is 0.0697. The van der Waals surface area contributed by atoms with Crippen molar-refractivity contribution < 1.29 is 15.0 Å². The zero-order chi connectivity index (χ0) is 20.5. The maximum absolute atomic E-state index is 11.0. The van der Waals surface area contributed by atoms with Crippen molar-refractivity contribution >= 4 is 46.0 Å². The van der Waals surface area contributed by atoms with E-state index < -0.39 is 5.97 Å². The van der Waals surface area contributed by atoms with Crippen LogP contribution in [0.15, 0.2) is 58.5 Å². The van der Waals surface area contributed by atoms with Gasteiger partial charge in [-0.25, -0.2) is 9.79 Å². The molecule has 1 aliphatic rings. The van der Waals surface area contributed by atoms with Gasteiger partial charge in [0.05, 0.1) is 21.8 Å². The SMILES string of the molecule is CCn1c(O)c(/C=C2\C(C)=Nc3ccccc32)sc1=Nc1ccc(C(=O)O)cc1. The van der Waals surface area contributed by atoms with Gasteiger partial charge in [0.15, 0.2) is 4.80 Å². The summed E-state index contributed by atoms with van der Waals surface area (Å²) in [7, 11) is 0. The van der Waals surface area contributed by atoms with E-state index in [1.54, 1.807) is 16.7 Å². The standard InChI is InChI=1S/C22H19N3O3S/c1-3-25-20(26)19(12-17-13(2)23-18-7-5-4-6-16(17)18)29-22(25)24-15-10-8-14(9-11-15)21(27)28/h4-12,26H,3H2,1-2H3,(H,27,28)/b17-12+,24-22?. The summed E-state index contributed by atoms with van der Waals surface area (Å²) in [6.07, 6.45) is 1.95. The molecule has 4 rings (SSSR count). The number of para-hydroxylation sites is 1. The third-order valence-electron chi connectivity index (χ3n) is 4.71. The summed E-state index contributed by atoms with van der Waals surface area (Å²) in [5, 5.41) is 19.8. The highest BCUT2D eigenvalue weighted by molar-refractivity contribution is 7.10. The second-order valence-electron chi connectivity index (χ2n) is 6.55. The van der Waals surface area contributed by atoms with Crippen LogP contribution in [0.1, 0.15) is 34.6 Å². The van der Waals surface area contributed by atoms with Crippen molar-refractivity contribution in [2.45, 2.75) is 20.4 Å². The Kier molecular flexibility index (Phi) is 4.90. The normalized spacial score (nSPS) is 14.9. The zero-order valence-corrected chi connectivity index (χ0v) is 16.8. The molecule has 0 saturated heterocycles. The van der Waals surface area contributed by atoms with Gasteiger partial charge in [-0.05, 0) is 50.3 Å². The van der Waals surface area contributed by atoms with Gasteiger partial charge in [-0.2, -0.15) is 0 Å². The quantitative estimate of drug-likeness (QED) is 0.650. The average Bonchev–Trinajstić information content (AvgIpc) is 3.18. The molecule has 2 aromatic carbocycles. The molecule has 1 aromatic heterocycles. The number of hydrogen-bond acceptors (Lipinski definition) is 5. The summed E-state index contributed by atoms with van der Waals surface area (Å²) in [6.45, 7) is 4.45. The molecular formula is C22H19N3O3S. The number of carboxylic acid groups (broad SMARTS) is 1. The van der Waals surface area contributed by atoms with Crippen LogP contribution in [-0.2, 0) is 6.54 Å². The van der Waals surface area contributed by atoms with E-state index in [4.69, 9.17) is 5.11 Å². The molecule has 0 unspecified atom stereocenters. The average molecular weight is 405 g/mol. The fraction of sp³-hybridized carbons (Fsp3) is 0.136. The highest BCUT2D eigenvalue weighted by Gasteiger charge is 2.19. The molecule has 0 atom stereocenters. The van der Waals surface area contributed by atoms with Gasteiger partial charge in [0.25, 0.3) is 0 Å². The first-order chi connectivity index (χ1) is 14.0. The summed E-state index contributed by atoms with van der Waals surface area (Å²) >= 11 is 1.38. The molecule has 6 nitrogen and oxygen atoms in total. The van der Waals surface area contributed by atoms with E-state index in [-0.39, 0.29) is 11.4 Å². The molecule has 0 fully saturated rings. The third-order valence-corrected chi connectivity index (χ3v) is 5.73. The number of fused-ring (bicyclic) bond motifs is 1. The molecule has 0 amide bonds. The highest BCUT2D eigenvalue weighted by Crippen LogP contribution is 2.37. The minimum absolute atomic E-state index is 0.156. The van der Waals surface area contributed by atoms with Crippen molar-refractivity contribution in [3.63, 3.8) is 0 Å². The lowest BCUT2D eigenvalue weighted by atomic mass is 10.0. The molecule has 3 aromatic rings. The topological polar surface area (TPSA) is 87.2 Å². The van der Waals surface area contributed by atoms with Gasteiger partial charge in [0.2, 0.25) is 5.88 Å². The van der Waals surface area contributed by atoms with Gasteiger partial charge in [-0.15, -0.1) is 0 Å². The maximum Gasteiger partial charge on any atom is 0.335 e. The van der Waals surface area contributed by atoms with Crippen molar-refractivity contribution in [1.82, 2.24) is 4.57 Å². The predicted octanol–water partition coefficient (Wildman–Crippen LogP) is 4.85. The Morgan fingerprint density at radius 3 is 2.62 bits per heavy atom. The molecule has 2 N–H and O–H groups in total. The fourth-order valence-electron chi connectivity index (χ4n) is 3.22. The van der Waals surface area contributed by atoms with E-state index in [2.05, 4.69) is 9.98 Å². The van der Waals surface area contributed by atoms with Crippen LogP contribution in [0.3, 0.4) is 0 Å². The number of benzene rings is 2. The number of carboxylic acids is 1. The number of aliphatic imine (C=N–C) groups is 1. The number of carbonyl (C=O) groups is 1. The first-order valence-electron chi connectivity index (χ1n) is 9.15. The smallest absolute Gasteiger partial charge is 0.335 e. The van der Waals surface area contributed by atoms with Gasteiger partial charge >= 0.3 is 5.97 Å².